The molecule has 0 aliphatic carbocycles. The van der Waals surface area contributed by atoms with Crippen LogP contribution in [0.1, 0.15) is 4.88 Å². The Bertz CT molecular complexity index is 771. The van der Waals surface area contributed by atoms with Crippen LogP contribution in [0.4, 0.5) is 0 Å². The van der Waals surface area contributed by atoms with Gasteiger partial charge in [-0.1, -0.05) is 42.5 Å². The average molecular weight is 330 g/mol. The molecule has 5 heteroatoms. The second-order valence-corrected chi connectivity index (χ2v) is 5.76. The summed E-state index contributed by atoms with van der Waals surface area (Å²) in [6, 6.07) is 13.1. The molecule has 2 rings (SSSR count). The molecule has 22 heavy (non-hydrogen) atoms. The molecular formula is C17H12ClNO2S. The molecule has 3 nitrogen and oxygen atoms in total. The molecule has 0 spiro atoms. The fourth-order valence-corrected chi connectivity index (χ4v) is 3.01. The molecule has 0 saturated carbocycles. The number of carbonyl (C=O) groups excluding carboxylic acids is 1. The average Bonchev–Trinajstić information content (AvgIpc) is 2.99. The van der Waals surface area contributed by atoms with Crippen molar-refractivity contribution in [2.24, 2.45) is 0 Å². The lowest BCUT2D eigenvalue weighted by molar-refractivity contribution is -0.137. The van der Waals surface area contributed by atoms with Crippen LogP contribution in [0.5, 0.6) is 0 Å². The molecule has 0 fully saturated rings. The van der Waals surface area contributed by atoms with Crippen molar-refractivity contribution in [2.45, 2.75) is 0 Å². The van der Waals surface area contributed by atoms with Gasteiger partial charge in [-0.05, 0) is 24.3 Å². The minimum Gasteiger partial charge on any atom is -0.457 e. The van der Waals surface area contributed by atoms with Gasteiger partial charge < -0.3 is 4.74 Å². The quantitative estimate of drug-likeness (QED) is 0.345. The Hall–Kier alpha value is -2.35. The number of nitriles is 1. The predicted molar refractivity (Wildman–Crippen MR) is 89.5 cm³/mol. The Balaban J connectivity index is 2.26. The van der Waals surface area contributed by atoms with Gasteiger partial charge in [0.05, 0.1) is 0 Å². The molecule has 1 aromatic carbocycles. The Morgan fingerprint density at radius 3 is 2.82 bits per heavy atom. The van der Waals surface area contributed by atoms with Gasteiger partial charge in [0.2, 0.25) is 0 Å². The lowest BCUT2D eigenvalue weighted by Gasteiger charge is -2.00. The van der Waals surface area contributed by atoms with Gasteiger partial charge in [-0.2, -0.15) is 5.26 Å². The molecule has 110 valence electrons. The molecular weight excluding hydrogens is 318 g/mol. The number of carbonyl (C=O) groups is 1. The van der Waals surface area contributed by atoms with E-state index in [2.05, 4.69) is 6.58 Å². The van der Waals surface area contributed by atoms with Gasteiger partial charge in [0.15, 0.2) is 0 Å². The van der Waals surface area contributed by atoms with E-state index in [9.17, 15) is 4.79 Å². The Morgan fingerprint density at radius 1 is 1.36 bits per heavy atom. The normalized spacial score (nSPS) is 10.8. The molecule has 0 saturated heterocycles. The highest BCUT2D eigenvalue weighted by molar-refractivity contribution is 7.16. The van der Waals surface area contributed by atoms with Gasteiger partial charge in [-0.25, -0.2) is 4.79 Å². The second kappa shape index (κ2) is 7.60. The van der Waals surface area contributed by atoms with Crippen LogP contribution in [0.25, 0.3) is 16.5 Å². The third-order valence-electron chi connectivity index (χ3n) is 2.73. The number of rotatable bonds is 5. The van der Waals surface area contributed by atoms with Crippen molar-refractivity contribution in [3.05, 3.63) is 64.5 Å². The van der Waals surface area contributed by atoms with E-state index in [1.807, 2.05) is 42.5 Å². The van der Waals surface area contributed by atoms with Crippen molar-refractivity contribution < 1.29 is 9.53 Å². The molecule has 1 aromatic heterocycles. The highest BCUT2D eigenvalue weighted by Gasteiger charge is 2.11. The van der Waals surface area contributed by atoms with Crippen LogP contribution < -0.4 is 0 Å². The monoisotopic (exact) mass is 329 g/mol. The van der Waals surface area contributed by atoms with E-state index in [0.717, 1.165) is 15.3 Å². The SMILES string of the molecule is C=CCOC(=O)/C(C#N)=C\c1ccc(-c2ccccc2Cl)s1. The van der Waals surface area contributed by atoms with Crippen molar-refractivity contribution in [1.82, 2.24) is 0 Å². The Labute approximate surface area is 137 Å². The third-order valence-corrected chi connectivity index (χ3v) is 4.12. The molecule has 2 aromatic rings. The summed E-state index contributed by atoms with van der Waals surface area (Å²) >= 11 is 7.61. The molecule has 0 atom stereocenters. The van der Waals surface area contributed by atoms with Crippen LogP contribution >= 0.6 is 22.9 Å². The molecule has 0 aliphatic rings. The lowest BCUT2D eigenvalue weighted by Crippen LogP contribution is -2.06. The van der Waals surface area contributed by atoms with Crippen molar-refractivity contribution in [2.75, 3.05) is 6.61 Å². The van der Waals surface area contributed by atoms with Crippen LogP contribution in [0, 0.1) is 11.3 Å². The van der Waals surface area contributed by atoms with Crippen LogP contribution in [0.2, 0.25) is 5.02 Å². The summed E-state index contributed by atoms with van der Waals surface area (Å²) in [5, 5.41) is 9.72. The van der Waals surface area contributed by atoms with Gasteiger partial charge >= 0.3 is 5.97 Å². The van der Waals surface area contributed by atoms with Crippen molar-refractivity contribution in [3.63, 3.8) is 0 Å². The Morgan fingerprint density at radius 2 is 2.14 bits per heavy atom. The number of halogens is 1. The molecule has 0 N–H and O–H groups in total. The largest absolute Gasteiger partial charge is 0.457 e. The molecule has 0 aliphatic heterocycles. The summed E-state index contributed by atoms with van der Waals surface area (Å²) in [5.74, 6) is -0.657. The first-order chi connectivity index (χ1) is 10.7. The van der Waals surface area contributed by atoms with E-state index in [4.69, 9.17) is 21.6 Å². The first-order valence-electron chi connectivity index (χ1n) is 6.40. The maximum absolute atomic E-state index is 11.7. The first-order valence-corrected chi connectivity index (χ1v) is 7.59. The third kappa shape index (κ3) is 3.85. The number of hydrogen-bond donors (Lipinski definition) is 0. The van der Waals surface area contributed by atoms with E-state index in [1.54, 1.807) is 0 Å². The standard InChI is InChI=1S/C17H12ClNO2S/c1-2-9-21-17(20)12(11-19)10-13-7-8-16(22-13)14-5-3-4-6-15(14)18/h2-8,10H,1,9H2/b12-10-. The minimum absolute atomic E-state index is 0.0468. The smallest absolute Gasteiger partial charge is 0.349 e. The van der Waals surface area contributed by atoms with Crippen LogP contribution in [0.3, 0.4) is 0 Å². The number of hydrogen-bond acceptors (Lipinski definition) is 4. The van der Waals surface area contributed by atoms with E-state index in [-0.39, 0.29) is 12.2 Å². The van der Waals surface area contributed by atoms with E-state index in [1.165, 1.54) is 23.5 Å². The highest BCUT2D eigenvalue weighted by atomic mass is 35.5. The predicted octanol–water partition coefficient (Wildman–Crippen LogP) is 4.70. The van der Waals surface area contributed by atoms with Crippen LogP contribution in [-0.4, -0.2) is 12.6 Å². The molecule has 0 radical (unpaired) electrons. The topological polar surface area (TPSA) is 50.1 Å². The maximum atomic E-state index is 11.7. The number of ether oxygens (including phenoxy) is 1. The number of esters is 1. The van der Waals surface area contributed by atoms with Gasteiger partial charge in [0.1, 0.15) is 18.2 Å². The summed E-state index contributed by atoms with van der Waals surface area (Å²) in [5.41, 5.74) is 0.871. The first kappa shape index (κ1) is 16.0. The zero-order chi connectivity index (χ0) is 15.9. The number of thiophene rings is 1. The van der Waals surface area contributed by atoms with E-state index in [0.29, 0.717) is 5.02 Å². The van der Waals surface area contributed by atoms with Crippen molar-refractivity contribution >= 4 is 35.0 Å². The van der Waals surface area contributed by atoms with E-state index >= 15 is 0 Å². The Kier molecular flexibility index (Phi) is 5.54. The van der Waals surface area contributed by atoms with E-state index < -0.39 is 5.97 Å². The number of nitrogens with zero attached hydrogens (tertiary/aromatic N) is 1. The maximum Gasteiger partial charge on any atom is 0.349 e. The highest BCUT2D eigenvalue weighted by Crippen LogP contribution is 2.33. The molecule has 0 amide bonds. The van der Waals surface area contributed by atoms with Gasteiger partial charge in [0.25, 0.3) is 0 Å². The summed E-state index contributed by atoms with van der Waals surface area (Å²) in [4.78, 5) is 13.4. The second-order valence-electron chi connectivity index (χ2n) is 4.24. The van der Waals surface area contributed by atoms with Crippen molar-refractivity contribution in [1.29, 1.82) is 5.26 Å². The summed E-state index contributed by atoms with van der Waals surface area (Å²) < 4.78 is 4.86. The summed E-state index contributed by atoms with van der Waals surface area (Å²) in [6.07, 6.45) is 2.96. The molecule has 0 unspecified atom stereocenters. The van der Waals surface area contributed by atoms with Gasteiger partial charge in [-0.15, -0.1) is 11.3 Å². The zero-order valence-electron chi connectivity index (χ0n) is 11.6. The van der Waals surface area contributed by atoms with Gasteiger partial charge in [0, 0.05) is 20.3 Å². The molecule has 0 bridgehead atoms. The fraction of sp³-hybridized carbons (Fsp3) is 0.0588. The summed E-state index contributed by atoms with van der Waals surface area (Å²) in [6.45, 7) is 3.53. The zero-order valence-corrected chi connectivity index (χ0v) is 13.2. The fourth-order valence-electron chi connectivity index (χ4n) is 1.73. The summed E-state index contributed by atoms with van der Waals surface area (Å²) in [7, 11) is 0. The minimum atomic E-state index is -0.657. The van der Waals surface area contributed by atoms with Gasteiger partial charge in [-0.3, -0.25) is 0 Å². The van der Waals surface area contributed by atoms with Crippen LogP contribution in [-0.2, 0) is 9.53 Å². The molecule has 1 heterocycles. The van der Waals surface area contributed by atoms with Crippen molar-refractivity contribution in [3.8, 4) is 16.5 Å². The van der Waals surface area contributed by atoms with Crippen LogP contribution in [0.15, 0.2) is 54.6 Å². The lowest BCUT2D eigenvalue weighted by atomic mass is 10.2. The number of benzene rings is 1.